The molecule has 3 N–H and O–H groups in total. The van der Waals surface area contributed by atoms with Gasteiger partial charge in [-0.15, -0.1) is 0 Å². The third kappa shape index (κ3) is 36.5. The smallest absolute Gasteiger partial charge is 0.335 e. The molecule has 1 rings (SSSR count). The lowest BCUT2D eigenvalue weighted by atomic mass is 9.98. The normalized spacial score (nSPS) is 18.9. The van der Waals surface area contributed by atoms with E-state index in [0.29, 0.717) is 19.3 Å². The lowest BCUT2D eigenvalue weighted by Gasteiger charge is -2.40. The zero-order valence-corrected chi connectivity index (χ0v) is 43.8. The number of ether oxygens (including phenoxy) is 5. The van der Waals surface area contributed by atoms with Crippen molar-refractivity contribution in [1.82, 2.24) is 0 Å². The third-order valence-electron chi connectivity index (χ3n) is 12.7. The van der Waals surface area contributed by atoms with Gasteiger partial charge in [-0.3, -0.25) is 14.4 Å². The first-order chi connectivity index (χ1) is 33.6. The van der Waals surface area contributed by atoms with Gasteiger partial charge in [-0.1, -0.05) is 192 Å². The van der Waals surface area contributed by atoms with Gasteiger partial charge >= 0.3 is 23.9 Å². The van der Waals surface area contributed by atoms with Crippen molar-refractivity contribution in [1.29, 1.82) is 0 Å². The number of aliphatic carboxylic acids is 1. The number of carbonyl (C=O) groups is 4. The molecule has 1 aliphatic rings. The molecule has 400 valence electrons. The zero-order chi connectivity index (χ0) is 50.4. The van der Waals surface area contributed by atoms with Gasteiger partial charge in [-0.2, -0.15) is 0 Å². The molecule has 1 heterocycles. The van der Waals surface area contributed by atoms with Crippen molar-refractivity contribution in [3.8, 4) is 0 Å². The summed E-state index contributed by atoms with van der Waals surface area (Å²) >= 11 is 0. The number of rotatable bonds is 47. The molecule has 0 aromatic heterocycles. The van der Waals surface area contributed by atoms with Crippen LogP contribution >= 0.6 is 0 Å². The maximum atomic E-state index is 13.0. The quantitative estimate of drug-likeness (QED) is 0.0228. The summed E-state index contributed by atoms with van der Waals surface area (Å²) in [6.45, 7) is 5.91. The Bertz CT molecular complexity index is 1350. The first kappa shape index (κ1) is 64.0. The highest BCUT2D eigenvalue weighted by molar-refractivity contribution is 5.74. The number of allylic oxidation sites excluding steroid dienone is 6. The van der Waals surface area contributed by atoms with Crippen molar-refractivity contribution >= 4 is 23.9 Å². The van der Waals surface area contributed by atoms with E-state index >= 15 is 0 Å². The van der Waals surface area contributed by atoms with Crippen LogP contribution in [-0.2, 0) is 42.9 Å². The molecule has 0 aliphatic carbocycles. The Hall–Kier alpha value is -3.06. The predicted molar refractivity (Wildman–Crippen MR) is 276 cm³/mol. The number of hydrogen-bond acceptors (Lipinski definition) is 11. The Kier molecular flexibility index (Phi) is 42.7. The Labute approximate surface area is 419 Å². The molecule has 0 saturated carbocycles. The second-order valence-corrected chi connectivity index (χ2v) is 19.2. The van der Waals surface area contributed by atoms with Gasteiger partial charge in [0.2, 0.25) is 0 Å². The van der Waals surface area contributed by atoms with E-state index in [1.807, 2.05) is 0 Å². The van der Waals surface area contributed by atoms with Gasteiger partial charge in [0.25, 0.3) is 0 Å². The van der Waals surface area contributed by atoms with E-state index in [1.54, 1.807) is 0 Å². The second kappa shape index (κ2) is 46.0. The summed E-state index contributed by atoms with van der Waals surface area (Å²) in [7, 11) is 0. The van der Waals surface area contributed by atoms with Gasteiger partial charge in [-0.05, 0) is 77.0 Å². The molecule has 12 heteroatoms. The SMILES string of the molecule is CCCCC/C=C\C/C=C\CCCCCCCCCC(=O)OCC(COC1OC(C(=O)O)C(O)C(O)C1OC(=O)CCCCCCC/C=C\CCCCCC)OC(=O)CCCCCCCCCCC. The molecule has 0 aromatic rings. The van der Waals surface area contributed by atoms with Crippen molar-refractivity contribution in [2.45, 2.75) is 289 Å². The van der Waals surface area contributed by atoms with Crippen LogP contribution < -0.4 is 0 Å². The van der Waals surface area contributed by atoms with Crippen LogP contribution in [0.4, 0.5) is 0 Å². The Morgan fingerprint density at radius 1 is 0.478 bits per heavy atom. The Morgan fingerprint density at radius 3 is 1.36 bits per heavy atom. The van der Waals surface area contributed by atoms with Crippen LogP contribution in [0.25, 0.3) is 0 Å². The summed E-state index contributed by atoms with van der Waals surface area (Å²) in [4.78, 5) is 50.9. The molecule has 6 unspecified atom stereocenters. The third-order valence-corrected chi connectivity index (χ3v) is 12.7. The van der Waals surface area contributed by atoms with Crippen LogP contribution in [0.5, 0.6) is 0 Å². The lowest BCUT2D eigenvalue weighted by molar-refractivity contribution is -0.301. The standard InChI is InChI=1S/C57H100O12/c1-4-7-10-13-16-19-21-23-24-25-26-28-29-32-34-37-40-43-49(58)65-46-48(67-50(59)44-41-38-35-31-18-15-12-9-6-3)47-66-57-55(53(62)52(61)54(69-57)56(63)64)68-51(60)45-42-39-36-33-30-27-22-20-17-14-11-8-5-2/h16,19-20,22-24,48,52-55,57,61-62H,4-15,17-18,21,25-47H2,1-3H3,(H,63,64)/b19-16-,22-20-,24-23-. The summed E-state index contributed by atoms with van der Waals surface area (Å²) in [6.07, 6.45) is 39.9. The van der Waals surface area contributed by atoms with Gasteiger partial charge in [0.05, 0.1) is 6.61 Å². The summed E-state index contributed by atoms with van der Waals surface area (Å²) in [5.41, 5.74) is 0. The highest BCUT2D eigenvalue weighted by Crippen LogP contribution is 2.26. The van der Waals surface area contributed by atoms with Gasteiger partial charge in [-0.25, -0.2) is 4.79 Å². The summed E-state index contributed by atoms with van der Waals surface area (Å²) in [6, 6.07) is 0. The average Bonchev–Trinajstić information content (AvgIpc) is 3.33. The molecule has 1 aliphatic heterocycles. The van der Waals surface area contributed by atoms with E-state index in [2.05, 4.69) is 57.2 Å². The minimum Gasteiger partial charge on any atom is -0.479 e. The number of carboxylic acids is 1. The molecule has 6 atom stereocenters. The van der Waals surface area contributed by atoms with Crippen LogP contribution in [0, 0.1) is 0 Å². The Balaban J connectivity index is 2.67. The summed E-state index contributed by atoms with van der Waals surface area (Å²) in [5, 5.41) is 31.3. The highest BCUT2D eigenvalue weighted by Gasteiger charge is 2.50. The number of hydrogen-bond donors (Lipinski definition) is 3. The number of unbranched alkanes of at least 4 members (excludes halogenated alkanes) is 27. The molecule has 1 saturated heterocycles. The van der Waals surface area contributed by atoms with Gasteiger partial charge in [0.15, 0.2) is 24.6 Å². The minimum atomic E-state index is -1.90. The van der Waals surface area contributed by atoms with Gasteiger partial charge in [0, 0.05) is 19.3 Å². The molecule has 12 nitrogen and oxygen atoms in total. The first-order valence-corrected chi connectivity index (χ1v) is 28.0. The fourth-order valence-corrected chi connectivity index (χ4v) is 8.33. The monoisotopic (exact) mass is 977 g/mol. The molecule has 0 bridgehead atoms. The van der Waals surface area contributed by atoms with Crippen molar-refractivity contribution in [2.75, 3.05) is 13.2 Å². The molecular formula is C57H100O12. The van der Waals surface area contributed by atoms with Crippen LogP contribution in [0.15, 0.2) is 36.5 Å². The average molecular weight is 977 g/mol. The van der Waals surface area contributed by atoms with Crippen molar-refractivity contribution in [3.05, 3.63) is 36.5 Å². The van der Waals surface area contributed by atoms with E-state index in [-0.39, 0.29) is 25.9 Å². The molecular weight excluding hydrogens is 877 g/mol. The van der Waals surface area contributed by atoms with Crippen molar-refractivity contribution < 1.29 is 58.2 Å². The van der Waals surface area contributed by atoms with Crippen LogP contribution in [0.3, 0.4) is 0 Å². The van der Waals surface area contributed by atoms with Crippen molar-refractivity contribution in [3.63, 3.8) is 0 Å². The molecule has 0 spiro atoms. The lowest BCUT2D eigenvalue weighted by Crippen LogP contribution is -2.61. The van der Waals surface area contributed by atoms with Crippen LogP contribution in [0.2, 0.25) is 0 Å². The number of aliphatic hydroxyl groups excluding tert-OH is 2. The molecule has 69 heavy (non-hydrogen) atoms. The van der Waals surface area contributed by atoms with E-state index in [0.717, 1.165) is 96.3 Å². The fourth-order valence-electron chi connectivity index (χ4n) is 8.33. The maximum absolute atomic E-state index is 13.0. The van der Waals surface area contributed by atoms with Crippen LogP contribution in [0.1, 0.15) is 252 Å². The molecule has 1 fully saturated rings. The second-order valence-electron chi connectivity index (χ2n) is 19.2. The highest BCUT2D eigenvalue weighted by atomic mass is 16.7. The molecule has 0 amide bonds. The summed E-state index contributed by atoms with van der Waals surface area (Å²) in [5.74, 6) is -3.13. The van der Waals surface area contributed by atoms with E-state index in [4.69, 9.17) is 23.7 Å². The van der Waals surface area contributed by atoms with Crippen LogP contribution in [-0.4, -0.2) is 89.2 Å². The number of aliphatic hydroxyl groups is 2. The number of carbonyl (C=O) groups excluding carboxylic acids is 3. The predicted octanol–water partition coefficient (Wildman–Crippen LogP) is 13.7. The first-order valence-electron chi connectivity index (χ1n) is 28.0. The molecule has 0 aromatic carbocycles. The number of carboxylic acid groups (broad SMARTS) is 1. The zero-order valence-electron chi connectivity index (χ0n) is 43.8. The molecule has 0 radical (unpaired) electrons. The van der Waals surface area contributed by atoms with E-state index in [9.17, 15) is 34.5 Å². The van der Waals surface area contributed by atoms with Gasteiger partial charge in [0.1, 0.15) is 18.8 Å². The van der Waals surface area contributed by atoms with E-state index in [1.165, 1.54) is 96.3 Å². The topological polar surface area (TPSA) is 175 Å². The van der Waals surface area contributed by atoms with E-state index < -0.39 is 67.3 Å². The fraction of sp³-hybridized carbons (Fsp3) is 0.825. The largest absolute Gasteiger partial charge is 0.479 e. The Morgan fingerprint density at radius 2 is 0.870 bits per heavy atom. The number of esters is 3. The van der Waals surface area contributed by atoms with Gasteiger partial charge < -0.3 is 39.0 Å². The minimum absolute atomic E-state index is 0.0523. The maximum Gasteiger partial charge on any atom is 0.335 e. The summed E-state index contributed by atoms with van der Waals surface area (Å²) < 4.78 is 28.3. The van der Waals surface area contributed by atoms with Crippen molar-refractivity contribution in [2.24, 2.45) is 0 Å².